The van der Waals surface area contributed by atoms with Crippen LogP contribution in [0.4, 0.5) is 5.69 Å². The van der Waals surface area contributed by atoms with Crippen LogP contribution in [-0.4, -0.2) is 20.4 Å². The SMILES string of the molecule is N#Cc1cc(-c2ccc(C(=O)O)c([N+](=O)[O-])c2)n2ccccc12. The molecule has 7 heteroatoms. The second-order valence-corrected chi connectivity index (χ2v) is 4.81. The fourth-order valence-corrected chi connectivity index (χ4v) is 2.49. The molecule has 1 aromatic carbocycles. The molecule has 3 aromatic rings. The highest BCUT2D eigenvalue weighted by molar-refractivity contribution is 5.93. The number of fused-ring (bicyclic) bond motifs is 1. The number of carboxylic acids is 1. The summed E-state index contributed by atoms with van der Waals surface area (Å²) >= 11 is 0. The van der Waals surface area contributed by atoms with E-state index in [2.05, 4.69) is 6.07 Å². The van der Waals surface area contributed by atoms with Crippen LogP contribution in [0.3, 0.4) is 0 Å². The van der Waals surface area contributed by atoms with Crippen molar-refractivity contribution in [2.75, 3.05) is 0 Å². The van der Waals surface area contributed by atoms with E-state index in [0.29, 0.717) is 22.3 Å². The van der Waals surface area contributed by atoms with Gasteiger partial charge in [0.1, 0.15) is 11.6 Å². The van der Waals surface area contributed by atoms with Crippen LogP contribution in [0, 0.1) is 21.4 Å². The Morgan fingerprint density at radius 1 is 1.26 bits per heavy atom. The molecule has 0 spiro atoms. The second-order valence-electron chi connectivity index (χ2n) is 4.81. The number of nitro groups is 1. The number of carboxylic acid groups (broad SMARTS) is 1. The second kappa shape index (κ2) is 5.27. The van der Waals surface area contributed by atoms with Gasteiger partial charge in [0, 0.05) is 17.8 Å². The first-order valence-electron chi connectivity index (χ1n) is 6.55. The number of nitro benzene ring substituents is 1. The monoisotopic (exact) mass is 307 g/mol. The maximum Gasteiger partial charge on any atom is 0.342 e. The Morgan fingerprint density at radius 2 is 2.04 bits per heavy atom. The van der Waals surface area contributed by atoms with Crippen molar-refractivity contribution >= 4 is 17.2 Å². The lowest BCUT2D eigenvalue weighted by atomic mass is 10.1. The minimum Gasteiger partial charge on any atom is -0.477 e. The Morgan fingerprint density at radius 3 is 2.70 bits per heavy atom. The molecule has 0 atom stereocenters. The maximum absolute atomic E-state index is 11.1. The largest absolute Gasteiger partial charge is 0.477 e. The number of carbonyl (C=O) groups is 1. The molecule has 0 aliphatic heterocycles. The van der Waals surface area contributed by atoms with Gasteiger partial charge in [-0.3, -0.25) is 10.1 Å². The van der Waals surface area contributed by atoms with Crippen LogP contribution in [-0.2, 0) is 0 Å². The Hall–Kier alpha value is -3.66. The highest BCUT2D eigenvalue weighted by atomic mass is 16.6. The van der Waals surface area contributed by atoms with Gasteiger partial charge >= 0.3 is 5.97 Å². The van der Waals surface area contributed by atoms with Gasteiger partial charge in [0.2, 0.25) is 0 Å². The third-order valence-corrected chi connectivity index (χ3v) is 3.52. The highest BCUT2D eigenvalue weighted by Gasteiger charge is 2.21. The lowest BCUT2D eigenvalue weighted by Gasteiger charge is -2.04. The molecule has 0 saturated carbocycles. The van der Waals surface area contributed by atoms with Gasteiger partial charge in [-0.15, -0.1) is 0 Å². The van der Waals surface area contributed by atoms with E-state index in [9.17, 15) is 20.2 Å². The van der Waals surface area contributed by atoms with Gasteiger partial charge in [-0.05, 0) is 24.3 Å². The van der Waals surface area contributed by atoms with Gasteiger partial charge in [-0.1, -0.05) is 12.1 Å². The number of nitrogens with zero attached hydrogens (tertiary/aromatic N) is 3. The van der Waals surface area contributed by atoms with Crippen LogP contribution in [0.5, 0.6) is 0 Å². The van der Waals surface area contributed by atoms with E-state index >= 15 is 0 Å². The molecule has 0 radical (unpaired) electrons. The summed E-state index contributed by atoms with van der Waals surface area (Å²) in [4.78, 5) is 21.5. The van der Waals surface area contributed by atoms with Gasteiger partial charge < -0.3 is 9.51 Å². The maximum atomic E-state index is 11.1. The zero-order valence-electron chi connectivity index (χ0n) is 11.6. The Kier molecular flexibility index (Phi) is 3.27. The van der Waals surface area contributed by atoms with E-state index in [1.807, 2.05) is 0 Å². The lowest BCUT2D eigenvalue weighted by Crippen LogP contribution is -2.02. The van der Waals surface area contributed by atoms with Gasteiger partial charge in [0.05, 0.1) is 21.7 Å². The number of hydrogen-bond donors (Lipinski definition) is 1. The van der Waals surface area contributed by atoms with Gasteiger partial charge in [-0.2, -0.15) is 5.26 Å². The molecule has 1 N–H and O–H groups in total. The topological polar surface area (TPSA) is 109 Å². The van der Waals surface area contributed by atoms with Gasteiger partial charge in [0.25, 0.3) is 5.69 Å². The molecule has 0 bridgehead atoms. The standard InChI is InChI=1S/C16H9N3O4/c17-9-11-8-14(18-6-2-1-3-13(11)18)10-4-5-12(16(20)21)15(7-10)19(22)23/h1-8H,(H,20,21). The highest BCUT2D eigenvalue weighted by Crippen LogP contribution is 2.30. The fourth-order valence-electron chi connectivity index (χ4n) is 2.49. The zero-order chi connectivity index (χ0) is 16.6. The fraction of sp³-hybridized carbons (Fsp3) is 0. The van der Waals surface area contributed by atoms with Crippen LogP contribution in [0.15, 0.2) is 48.7 Å². The number of aromatic nitrogens is 1. The predicted molar refractivity (Wildman–Crippen MR) is 81.2 cm³/mol. The summed E-state index contributed by atoms with van der Waals surface area (Å²) in [5.41, 5.74) is 1.29. The summed E-state index contributed by atoms with van der Waals surface area (Å²) in [7, 11) is 0. The van der Waals surface area contributed by atoms with E-state index in [-0.39, 0.29) is 5.56 Å². The molecule has 0 amide bonds. The number of hydrogen-bond acceptors (Lipinski definition) is 4. The van der Waals surface area contributed by atoms with Crippen molar-refractivity contribution in [3.63, 3.8) is 0 Å². The molecule has 0 aliphatic rings. The number of aromatic carboxylic acids is 1. The number of pyridine rings is 1. The van der Waals surface area contributed by atoms with Crippen molar-refractivity contribution in [1.82, 2.24) is 4.40 Å². The summed E-state index contributed by atoms with van der Waals surface area (Å²) in [5, 5.41) is 29.4. The first-order valence-corrected chi connectivity index (χ1v) is 6.55. The Balaban J connectivity index is 2.28. The van der Waals surface area contributed by atoms with Crippen LogP contribution in [0.2, 0.25) is 0 Å². The average Bonchev–Trinajstić information content (AvgIpc) is 2.93. The summed E-state index contributed by atoms with van der Waals surface area (Å²) < 4.78 is 1.73. The molecule has 0 saturated heterocycles. The summed E-state index contributed by atoms with van der Waals surface area (Å²) in [6, 6.07) is 12.9. The van der Waals surface area contributed by atoms with Crippen molar-refractivity contribution in [1.29, 1.82) is 5.26 Å². The van der Waals surface area contributed by atoms with Crippen molar-refractivity contribution in [3.8, 4) is 17.3 Å². The third-order valence-electron chi connectivity index (χ3n) is 3.52. The lowest BCUT2D eigenvalue weighted by molar-refractivity contribution is -0.385. The molecule has 0 aliphatic carbocycles. The quantitative estimate of drug-likeness (QED) is 0.590. The number of rotatable bonds is 3. The van der Waals surface area contributed by atoms with E-state index < -0.39 is 16.6 Å². The molecule has 2 aromatic heterocycles. The van der Waals surface area contributed by atoms with E-state index in [4.69, 9.17) is 5.11 Å². The van der Waals surface area contributed by atoms with Crippen LogP contribution in [0.1, 0.15) is 15.9 Å². The third kappa shape index (κ3) is 2.28. The van der Waals surface area contributed by atoms with Crippen LogP contribution in [0.25, 0.3) is 16.8 Å². The average molecular weight is 307 g/mol. The smallest absolute Gasteiger partial charge is 0.342 e. The van der Waals surface area contributed by atoms with E-state index in [1.165, 1.54) is 18.2 Å². The molecule has 0 unspecified atom stereocenters. The number of benzene rings is 1. The van der Waals surface area contributed by atoms with E-state index in [1.54, 1.807) is 34.9 Å². The molecule has 0 fully saturated rings. The normalized spacial score (nSPS) is 10.4. The predicted octanol–water partition coefficient (Wildman–Crippen LogP) is 3.08. The molecular weight excluding hydrogens is 298 g/mol. The van der Waals surface area contributed by atoms with Crippen LogP contribution >= 0.6 is 0 Å². The zero-order valence-corrected chi connectivity index (χ0v) is 11.6. The van der Waals surface area contributed by atoms with Gasteiger partial charge in [0.15, 0.2) is 0 Å². The van der Waals surface area contributed by atoms with Crippen molar-refractivity contribution < 1.29 is 14.8 Å². The summed E-state index contributed by atoms with van der Waals surface area (Å²) in [6.45, 7) is 0. The summed E-state index contributed by atoms with van der Waals surface area (Å²) in [5.74, 6) is -1.36. The minimum atomic E-state index is -1.36. The molecule has 112 valence electrons. The Labute approximate surface area is 129 Å². The van der Waals surface area contributed by atoms with E-state index in [0.717, 1.165) is 0 Å². The molecule has 2 heterocycles. The first kappa shape index (κ1) is 14.3. The van der Waals surface area contributed by atoms with Crippen LogP contribution < -0.4 is 0 Å². The first-order chi connectivity index (χ1) is 11.0. The summed E-state index contributed by atoms with van der Waals surface area (Å²) in [6.07, 6.45) is 1.74. The molecule has 23 heavy (non-hydrogen) atoms. The molecule has 7 nitrogen and oxygen atoms in total. The molecular formula is C16H9N3O4. The van der Waals surface area contributed by atoms with Gasteiger partial charge in [-0.25, -0.2) is 4.79 Å². The molecule has 3 rings (SSSR count). The minimum absolute atomic E-state index is 0.375. The Bertz CT molecular complexity index is 998. The van der Waals surface area contributed by atoms with Crippen molar-refractivity contribution in [2.24, 2.45) is 0 Å². The van der Waals surface area contributed by atoms with Crippen molar-refractivity contribution in [3.05, 3.63) is 69.9 Å². The number of nitriles is 1. The van der Waals surface area contributed by atoms with Crippen molar-refractivity contribution in [2.45, 2.75) is 0 Å².